The summed E-state index contributed by atoms with van der Waals surface area (Å²) in [4.78, 5) is 0. The fourth-order valence-electron chi connectivity index (χ4n) is 2.35. The highest BCUT2D eigenvalue weighted by molar-refractivity contribution is 5.42. The first-order valence-electron chi connectivity index (χ1n) is 5.82. The molecule has 0 saturated carbocycles. The number of benzene rings is 1. The van der Waals surface area contributed by atoms with Gasteiger partial charge in [-0.3, -0.25) is 0 Å². The van der Waals surface area contributed by atoms with Crippen molar-refractivity contribution in [2.24, 2.45) is 0 Å². The summed E-state index contributed by atoms with van der Waals surface area (Å²) in [5.41, 5.74) is 1.28. The van der Waals surface area contributed by atoms with E-state index in [2.05, 4.69) is 5.32 Å². The van der Waals surface area contributed by atoms with Gasteiger partial charge in [-0.25, -0.2) is 4.39 Å². The molecule has 0 bridgehead atoms. The number of methoxy groups -OCH3 is 2. The standard InChI is InChI=1S/C13H18FNO2/c1-16-8-10-3-4-11(17-2)12(13(10)14)9-5-6-15-7-9/h3-4,9,15H,5-8H2,1-2H3. The molecule has 2 rings (SSSR count). The van der Waals surface area contributed by atoms with E-state index in [1.807, 2.05) is 6.07 Å². The number of ether oxygens (including phenoxy) is 2. The lowest BCUT2D eigenvalue weighted by molar-refractivity contribution is 0.181. The largest absolute Gasteiger partial charge is 0.496 e. The molecular weight excluding hydrogens is 221 g/mol. The summed E-state index contributed by atoms with van der Waals surface area (Å²) in [6.45, 7) is 2.04. The van der Waals surface area contributed by atoms with Gasteiger partial charge in [0.05, 0.1) is 13.7 Å². The summed E-state index contributed by atoms with van der Waals surface area (Å²) in [7, 11) is 3.15. The number of rotatable bonds is 4. The lowest BCUT2D eigenvalue weighted by Gasteiger charge is -2.17. The minimum atomic E-state index is -0.181. The molecule has 4 heteroatoms. The second kappa shape index (κ2) is 5.47. The Bertz CT molecular complexity index is 389. The van der Waals surface area contributed by atoms with Crippen molar-refractivity contribution in [1.82, 2.24) is 5.32 Å². The highest BCUT2D eigenvalue weighted by Gasteiger charge is 2.25. The second-order valence-electron chi connectivity index (χ2n) is 4.28. The SMILES string of the molecule is COCc1ccc(OC)c(C2CCNC2)c1F. The summed E-state index contributed by atoms with van der Waals surface area (Å²) in [6.07, 6.45) is 0.948. The lowest BCUT2D eigenvalue weighted by Crippen LogP contribution is -2.11. The first kappa shape index (κ1) is 12.3. The topological polar surface area (TPSA) is 30.5 Å². The van der Waals surface area contributed by atoms with Crippen molar-refractivity contribution in [3.63, 3.8) is 0 Å². The molecule has 1 fully saturated rings. The van der Waals surface area contributed by atoms with Crippen molar-refractivity contribution in [3.05, 3.63) is 29.1 Å². The highest BCUT2D eigenvalue weighted by Crippen LogP contribution is 2.34. The molecule has 1 unspecified atom stereocenters. The summed E-state index contributed by atoms with van der Waals surface area (Å²) in [5, 5.41) is 3.25. The van der Waals surface area contributed by atoms with Gasteiger partial charge < -0.3 is 14.8 Å². The maximum atomic E-state index is 14.4. The zero-order valence-electron chi connectivity index (χ0n) is 10.3. The minimum Gasteiger partial charge on any atom is -0.496 e. The van der Waals surface area contributed by atoms with Crippen LogP contribution in [0.15, 0.2) is 12.1 Å². The van der Waals surface area contributed by atoms with Crippen molar-refractivity contribution < 1.29 is 13.9 Å². The van der Waals surface area contributed by atoms with Crippen LogP contribution >= 0.6 is 0 Å². The van der Waals surface area contributed by atoms with E-state index in [4.69, 9.17) is 9.47 Å². The maximum Gasteiger partial charge on any atom is 0.135 e. The van der Waals surface area contributed by atoms with Crippen LogP contribution in [0.5, 0.6) is 5.75 Å². The summed E-state index contributed by atoms with van der Waals surface area (Å²) >= 11 is 0. The predicted molar refractivity (Wildman–Crippen MR) is 63.9 cm³/mol. The zero-order valence-corrected chi connectivity index (χ0v) is 10.3. The van der Waals surface area contributed by atoms with Gasteiger partial charge in [-0.2, -0.15) is 0 Å². The third-order valence-corrected chi connectivity index (χ3v) is 3.21. The zero-order chi connectivity index (χ0) is 12.3. The van der Waals surface area contributed by atoms with Crippen molar-refractivity contribution in [2.75, 3.05) is 27.3 Å². The van der Waals surface area contributed by atoms with Crippen LogP contribution in [0.3, 0.4) is 0 Å². The molecule has 1 saturated heterocycles. The lowest BCUT2D eigenvalue weighted by atomic mass is 9.94. The molecule has 1 heterocycles. The minimum absolute atomic E-state index is 0.181. The fourth-order valence-corrected chi connectivity index (χ4v) is 2.35. The Morgan fingerprint density at radius 2 is 2.24 bits per heavy atom. The third-order valence-electron chi connectivity index (χ3n) is 3.21. The Labute approximate surface area is 101 Å². The van der Waals surface area contributed by atoms with Crippen LogP contribution in [-0.4, -0.2) is 27.3 Å². The molecule has 17 heavy (non-hydrogen) atoms. The fraction of sp³-hybridized carbons (Fsp3) is 0.538. The van der Waals surface area contributed by atoms with E-state index in [1.54, 1.807) is 20.3 Å². The smallest absolute Gasteiger partial charge is 0.135 e. The van der Waals surface area contributed by atoms with E-state index >= 15 is 0 Å². The number of halogens is 1. The first-order chi connectivity index (χ1) is 8.27. The van der Waals surface area contributed by atoms with Gasteiger partial charge in [0.25, 0.3) is 0 Å². The van der Waals surface area contributed by atoms with E-state index in [0.29, 0.717) is 23.5 Å². The van der Waals surface area contributed by atoms with Gasteiger partial charge in [0.15, 0.2) is 0 Å². The van der Waals surface area contributed by atoms with Gasteiger partial charge in [-0.15, -0.1) is 0 Å². The number of hydrogen-bond acceptors (Lipinski definition) is 3. The first-order valence-corrected chi connectivity index (χ1v) is 5.82. The molecule has 0 aliphatic carbocycles. The van der Waals surface area contributed by atoms with E-state index < -0.39 is 0 Å². The highest BCUT2D eigenvalue weighted by atomic mass is 19.1. The summed E-state index contributed by atoms with van der Waals surface area (Å²) in [6, 6.07) is 3.55. The van der Waals surface area contributed by atoms with Gasteiger partial charge >= 0.3 is 0 Å². The van der Waals surface area contributed by atoms with Crippen LogP contribution < -0.4 is 10.1 Å². The summed E-state index contributed by atoms with van der Waals surface area (Å²) in [5.74, 6) is 0.651. The molecule has 1 atom stereocenters. The average molecular weight is 239 g/mol. The quantitative estimate of drug-likeness (QED) is 0.872. The van der Waals surface area contributed by atoms with Gasteiger partial charge in [0.2, 0.25) is 0 Å². The van der Waals surface area contributed by atoms with Crippen LogP contribution in [0.4, 0.5) is 4.39 Å². The molecule has 3 nitrogen and oxygen atoms in total. The molecule has 0 radical (unpaired) electrons. The normalized spacial score (nSPS) is 19.6. The van der Waals surface area contributed by atoms with Crippen LogP contribution in [0.2, 0.25) is 0 Å². The van der Waals surface area contributed by atoms with Crippen LogP contribution in [0.25, 0.3) is 0 Å². The van der Waals surface area contributed by atoms with E-state index in [0.717, 1.165) is 19.5 Å². The van der Waals surface area contributed by atoms with Gasteiger partial charge in [0, 0.05) is 30.7 Å². The molecule has 1 aliphatic heterocycles. The van der Waals surface area contributed by atoms with Crippen molar-refractivity contribution >= 4 is 0 Å². The predicted octanol–water partition coefficient (Wildman–Crippen LogP) is 2.06. The Kier molecular flexibility index (Phi) is 3.97. The molecule has 0 aromatic heterocycles. The molecule has 0 spiro atoms. The van der Waals surface area contributed by atoms with Gasteiger partial charge in [-0.05, 0) is 19.0 Å². The summed E-state index contributed by atoms with van der Waals surface area (Å²) < 4.78 is 24.6. The second-order valence-corrected chi connectivity index (χ2v) is 4.28. The molecule has 1 aliphatic rings. The van der Waals surface area contributed by atoms with Crippen LogP contribution in [0, 0.1) is 5.82 Å². The van der Waals surface area contributed by atoms with E-state index in [1.165, 1.54) is 0 Å². The molecule has 0 amide bonds. The monoisotopic (exact) mass is 239 g/mol. The molecule has 1 aromatic carbocycles. The molecule has 94 valence electrons. The molecular formula is C13H18FNO2. The number of hydrogen-bond donors (Lipinski definition) is 1. The maximum absolute atomic E-state index is 14.4. The Morgan fingerprint density at radius 3 is 2.82 bits per heavy atom. The van der Waals surface area contributed by atoms with Gasteiger partial charge in [0.1, 0.15) is 11.6 Å². The molecule has 1 aromatic rings. The third kappa shape index (κ3) is 2.42. The van der Waals surface area contributed by atoms with Crippen LogP contribution in [-0.2, 0) is 11.3 Å². The molecule has 1 N–H and O–H groups in total. The van der Waals surface area contributed by atoms with Gasteiger partial charge in [-0.1, -0.05) is 6.07 Å². The van der Waals surface area contributed by atoms with Crippen LogP contribution in [0.1, 0.15) is 23.5 Å². The Hall–Kier alpha value is -1.13. The van der Waals surface area contributed by atoms with Crippen molar-refractivity contribution in [3.8, 4) is 5.75 Å². The van der Waals surface area contributed by atoms with E-state index in [-0.39, 0.29) is 11.7 Å². The Morgan fingerprint density at radius 1 is 1.41 bits per heavy atom. The Balaban J connectivity index is 2.40. The van der Waals surface area contributed by atoms with Crippen molar-refractivity contribution in [1.29, 1.82) is 0 Å². The van der Waals surface area contributed by atoms with E-state index in [9.17, 15) is 4.39 Å². The number of nitrogens with one attached hydrogen (secondary N) is 1. The average Bonchev–Trinajstić information content (AvgIpc) is 2.85. The van der Waals surface area contributed by atoms with Crippen molar-refractivity contribution in [2.45, 2.75) is 18.9 Å².